The largest absolute Gasteiger partial charge is 0.394 e. The molecule has 0 heterocycles. The van der Waals surface area contributed by atoms with E-state index in [0.717, 1.165) is 13.1 Å². The number of nitrogens with two attached hydrogens (primary N) is 2. The van der Waals surface area contributed by atoms with Crippen molar-refractivity contribution < 1.29 is 17.5 Å². The highest BCUT2D eigenvalue weighted by atomic mass is 32.3. The summed E-state index contributed by atoms with van der Waals surface area (Å²) in [5, 5.41) is 0. The maximum Gasteiger partial charge on any atom is 0.394 e. The third-order valence-electron chi connectivity index (χ3n) is 2.16. The Morgan fingerprint density at radius 2 is 0.824 bits per heavy atom. The molecule has 0 amide bonds. The van der Waals surface area contributed by atoms with Crippen molar-refractivity contribution in [3.8, 4) is 0 Å². The van der Waals surface area contributed by atoms with E-state index in [-0.39, 0.29) is 0 Å². The van der Waals surface area contributed by atoms with Crippen LogP contribution in [0.5, 0.6) is 0 Å². The zero-order chi connectivity index (χ0) is 13.6. The van der Waals surface area contributed by atoms with E-state index >= 15 is 0 Å². The molecule has 0 aliphatic rings. The van der Waals surface area contributed by atoms with E-state index in [1.165, 1.54) is 51.4 Å². The van der Waals surface area contributed by atoms with E-state index in [9.17, 15) is 0 Å². The molecule has 106 valence electrons. The maximum absolute atomic E-state index is 8.74. The summed E-state index contributed by atoms with van der Waals surface area (Å²) in [7, 11) is -4.67. The lowest BCUT2D eigenvalue weighted by atomic mass is 10.1. The quantitative estimate of drug-likeness (QED) is 0.370. The molecule has 0 rings (SSSR count). The van der Waals surface area contributed by atoms with Gasteiger partial charge in [-0.05, 0) is 25.9 Å². The molecule has 6 N–H and O–H groups in total. The topological polar surface area (TPSA) is 127 Å². The zero-order valence-corrected chi connectivity index (χ0v) is 11.2. The lowest BCUT2D eigenvalue weighted by Gasteiger charge is -2.00. The Labute approximate surface area is 104 Å². The van der Waals surface area contributed by atoms with Crippen molar-refractivity contribution in [2.45, 2.75) is 51.4 Å². The fourth-order valence-electron chi connectivity index (χ4n) is 1.35. The molecule has 0 aromatic heterocycles. The van der Waals surface area contributed by atoms with Crippen molar-refractivity contribution >= 4 is 10.4 Å². The minimum atomic E-state index is -4.67. The summed E-state index contributed by atoms with van der Waals surface area (Å²) < 4.78 is 31.6. The summed E-state index contributed by atoms with van der Waals surface area (Å²) in [6.45, 7) is 1.71. The zero-order valence-electron chi connectivity index (χ0n) is 10.3. The summed E-state index contributed by atoms with van der Waals surface area (Å²) in [5.74, 6) is 0. The van der Waals surface area contributed by atoms with Gasteiger partial charge in [0.1, 0.15) is 0 Å². The van der Waals surface area contributed by atoms with E-state index < -0.39 is 10.4 Å². The van der Waals surface area contributed by atoms with Gasteiger partial charge in [-0.25, -0.2) is 0 Å². The van der Waals surface area contributed by atoms with E-state index in [2.05, 4.69) is 0 Å². The summed E-state index contributed by atoms with van der Waals surface area (Å²) in [6.07, 6.45) is 10.5. The van der Waals surface area contributed by atoms with Gasteiger partial charge in [0, 0.05) is 0 Å². The fraction of sp³-hybridized carbons (Fsp3) is 1.00. The standard InChI is InChI=1S/C10H24N2.H2O4S/c11-9-7-5-3-1-2-4-6-8-10-12;1-5(2,3)4/h1-12H2;(H2,1,2,3,4). The van der Waals surface area contributed by atoms with Gasteiger partial charge in [-0.3, -0.25) is 9.11 Å². The summed E-state index contributed by atoms with van der Waals surface area (Å²) >= 11 is 0. The van der Waals surface area contributed by atoms with Gasteiger partial charge in [0.2, 0.25) is 0 Å². The van der Waals surface area contributed by atoms with Gasteiger partial charge in [-0.2, -0.15) is 8.42 Å². The Balaban J connectivity index is 0. The molecule has 0 spiro atoms. The molecule has 0 aliphatic carbocycles. The molecule has 0 aromatic carbocycles. The molecule has 0 saturated heterocycles. The number of rotatable bonds is 9. The fourth-order valence-corrected chi connectivity index (χ4v) is 1.35. The van der Waals surface area contributed by atoms with Crippen LogP contribution in [0.25, 0.3) is 0 Å². The average Bonchev–Trinajstić information content (AvgIpc) is 2.20. The first-order valence-corrected chi connectivity index (χ1v) is 7.41. The molecule has 0 aromatic rings. The first-order chi connectivity index (χ1) is 7.91. The van der Waals surface area contributed by atoms with Crippen LogP contribution in [0.2, 0.25) is 0 Å². The van der Waals surface area contributed by atoms with Gasteiger partial charge in [-0.1, -0.05) is 38.5 Å². The molecule has 6 nitrogen and oxygen atoms in total. The molecule has 0 fully saturated rings. The SMILES string of the molecule is NCCCCCCCCCCN.O=S(=O)(O)O. The van der Waals surface area contributed by atoms with Crippen molar-refractivity contribution in [2.75, 3.05) is 13.1 Å². The maximum atomic E-state index is 8.74. The Morgan fingerprint density at radius 3 is 1.00 bits per heavy atom. The summed E-state index contributed by atoms with van der Waals surface area (Å²) in [6, 6.07) is 0. The van der Waals surface area contributed by atoms with Crippen molar-refractivity contribution in [3.05, 3.63) is 0 Å². The molecule has 0 radical (unpaired) electrons. The normalized spacial score (nSPS) is 10.8. The number of hydrogen-bond acceptors (Lipinski definition) is 4. The third-order valence-corrected chi connectivity index (χ3v) is 2.16. The van der Waals surface area contributed by atoms with Gasteiger partial charge < -0.3 is 11.5 Å². The molecular formula is C10H26N2O4S. The highest BCUT2D eigenvalue weighted by Crippen LogP contribution is 2.07. The molecule has 17 heavy (non-hydrogen) atoms. The second-order valence-electron chi connectivity index (χ2n) is 3.85. The molecule has 0 unspecified atom stereocenters. The first kappa shape index (κ1) is 19.1. The lowest BCUT2D eigenvalue weighted by molar-refractivity contribution is 0.381. The predicted octanol–water partition coefficient (Wildman–Crippen LogP) is 1.37. The third kappa shape index (κ3) is 38.9. The van der Waals surface area contributed by atoms with Crippen LogP contribution in [-0.2, 0) is 10.4 Å². The van der Waals surface area contributed by atoms with Crippen LogP contribution in [0.3, 0.4) is 0 Å². The Kier molecular flexibility index (Phi) is 15.6. The van der Waals surface area contributed by atoms with Gasteiger partial charge in [0.25, 0.3) is 0 Å². The molecule has 0 aliphatic heterocycles. The van der Waals surface area contributed by atoms with Gasteiger partial charge in [-0.15, -0.1) is 0 Å². The Morgan fingerprint density at radius 1 is 0.647 bits per heavy atom. The van der Waals surface area contributed by atoms with E-state index in [1.807, 2.05) is 0 Å². The van der Waals surface area contributed by atoms with Crippen molar-refractivity contribution in [3.63, 3.8) is 0 Å². The molecule has 0 atom stereocenters. The lowest BCUT2D eigenvalue weighted by Crippen LogP contribution is -1.98. The minimum absolute atomic E-state index is 0.854. The second-order valence-corrected chi connectivity index (χ2v) is 4.75. The van der Waals surface area contributed by atoms with Gasteiger partial charge >= 0.3 is 10.4 Å². The van der Waals surface area contributed by atoms with Crippen LogP contribution in [0.1, 0.15) is 51.4 Å². The van der Waals surface area contributed by atoms with Crippen LogP contribution in [-0.4, -0.2) is 30.6 Å². The molecule has 7 heteroatoms. The van der Waals surface area contributed by atoms with E-state index in [1.54, 1.807) is 0 Å². The Hall–Kier alpha value is -0.210. The summed E-state index contributed by atoms with van der Waals surface area (Å²) in [5.41, 5.74) is 10.8. The van der Waals surface area contributed by atoms with Crippen molar-refractivity contribution in [2.24, 2.45) is 11.5 Å². The second kappa shape index (κ2) is 13.9. The van der Waals surface area contributed by atoms with Crippen LogP contribution in [0.4, 0.5) is 0 Å². The smallest absolute Gasteiger partial charge is 0.330 e. The highest BCUT2D eigenvalue weighted by Gasteiger charge is 1.90. The predicted molar refractivity (Wildman–Crippen MR) is 69.2 cm³/mol. The highest BCUT2D eigenvalue weighted by molar-refractivity contribution is 7.79. The van der Waals surface area contributed by atoms with E-state index in [4.69, 9.17) is 29.0 Å². The van der Waals surface area contributed by atoms with Crippen LogP contribution < -0.4 is 11.5 Å². The summed E-state index contributed by atoms with van der Waals surface area (Å²) in [4.78, 5) is 0. The molecule has 0 saturated carbocycles. The van der Waals surface area contributed by atoms with Crippen LogP contribution in [0, 0.1) is 0 Å². The molecular weight excluding hydrogens is 244 g/mol. The first-order valence-electron chi connectivity index (χ1n) is 6.01. The monoisotopic (exact) mass is 270 g/mol. The molecule has 0 bridgehead atoms. The number of unbranched alkanes of at least 4 members (excludes halogenated alkanes) is 7. The van der Waals surface area contributed by atoms with E-state index in [0.29, 0.717) is 0 Å². The average molecular weight is 270 g/mol. The van der Waals surface area contributed by atoms with Crippen molar-refractivity contribution in [1.82, 2.24) is 0 Å². The van der Waals surface area contributed by atoms with Gasteiger partial charge in [0.05, 0.1) is 0 Å². The Bertz CT molecular complexity index is 214. The van der Waals surface area contributed by atoms with Crippen LogP contribution >= 0.6 is 0 Å². The minimum Gasteiger partial charge on any atom is -0.330 e. The number of hydrogen-bond donors (Lipinski definition) is 4. The van der Waals surface area contributed by atoms with Crippen molar-refractivity contribution in [1.29, 1.82) is 0 Å². The van der Waals surface area contributed by atoms with Crippen LogP contribution in [0.15, 0.2) is 0 Å². The van der Waals surface area contributed by atoms with Gasteiger partial charge in [0.15, 0.2) is 0 Å².